The summed E-state index contributed by atoms with van der Waals surface area (Å²) in [5.41, 5.74) is 0.890. The highest BCUT2D eigenvalue weighted by molar-refractivity contribution is 5.79. The second-order valence-electron chi connectivity index (χ2n) is 6.58. The molecule has 2 heterocycles. The van der Waals surface area contributed by atoms with Crippen molar-refractivity contribution in [1.29, 1.82) is 5.26 Å². The highest BCUT2D eigenvalue weighted by atomic mass is 16.6. The van der Waals surface area contributed by atoms with Crippen LogP contribution in [0.5, 0.6) is 5.75 Å². The van der Waals surface area contributed by atoms with E-state index in [2.05, 4.69) is 6.07 Å². The van der Waals surface area contributed by atoms with E-state index in [1.807, 2.05) is 37.8 Å². The molecule has 2 aliphatic heterocycles. The van der Waals surface area contributed by atoms with Crippen molar-refractivity contribution in [3.05, 3.63) is 29.3 Å². The Bertz CT molecular complexity index is 663. The first kappa shape index (κ1) is 15.8. The van der Waals surface area contributed by atoms with Gasteiger partial charge in [-0.2, -0.15) is 5.26 Å². The molecular formula is C18H22N2O3. The molecule has 2 atom stereocenters. The van der Waals surface area contributed by atoms with Crippen LogP contribution >= 0.6 is 0 Å². The molecule has 0 aliphatic carbocycles. The Hall–Kier alpha value is -2.06. The van der Waals surface area contributed by atoms with Crippen molar-refractivity contribution in [2.24, 2.45) is 0 Å². The Balaban J connectivity index is 2.13. The fourth-order valence-electron chi connectivity index (χ4n) is 3.59. The van der Waals surface area contributed by atoms with Gasteiger partial charge in [0.1, 0.15) is 17.5 Å². The number of nitriles is 1. The lowest BCUT2D eigenvalue weighted by Gasteiger charge is -2.47. The van der Waals surface area contributed by atoms with Crippen LogP contribution in [0.25, 0.3) is 0 Å². The summed E-state index contributed by atoms with van der Waals surface area (Å²) in [6.07, 6.45) is 1.17. The van der Waals surface area contributed by atoms with Crippen LogP contribution in [-0.4, -0.2) is 35.7 Å². The third-order valence-corrected chi connectivity index (χ3v) is 4.59. The number of rotatable bonds is 3. The molecule has 1 amide bonds. The molecule has 3 rings (SSSR count). The van der Waals surface area contributed by atoms with E-state index in [9.17, 15) is 10.1 Å². The molecule has 1 fully saturated rings. The molecule has 0 spiro atoms. The smallest absolute Gasteiger partial charge is 0.223 e. The molecule has 1 saturated heterocycles. The fraction of sp³-hybridized carbons (Fsp3) is 0.556. The average molecular weight is 314 g/mol. The number of hydrogen-bond acceptors (Lipinski definition) is 4. The summed E-state index contributed by atoms with van der Waals surface area (Å²) in [5.74, 6) is 0.875. The van der Waals surface area contributed by atoms with Crippen molar-refractivity contribution in [3.63, 3.8) is 0 Å². The summed E-state index contributed by atoms with van der Waals surface area (Å²) >= 11 is 0. The Kier molecular flexibility index (Phi) is 4.03. The van der Waals surface area contributed by atoms with Crippen LogP contribution in [0.3, 0.4) is 0 Å². The molecule has 122 valence electrons. The SMILES string of the molecule is CCOC1C(N2CCCC2=O)c2cc(C#N)ccc2OC1(C)C. The topological polar surface area (TPSA) is 62.6 Å². The number of likely N-dealkylation sites (tertiary alicyclic amines) is 1. The van der Waals surface area contributed by atoms with E-state index in [1.54, 1.807) is 6.07 Å². The quantitative estimate of drug-likeness (QED) is 0.860. The summed E-state index contributed by atoms with van der Waals surface area (Å²) in [7, 11) is 0. The monoisotopic (exact) mass is 314 g/mol. The standard InChI is InChI=1S/C18H22N2O3/c1-4-22-17-16(20-9-5-6-15(20)21)13-10-12(11-19)7-8-14(13)23-18(17,2)3/h7-8,10,16-17H,4-6,9H2,1-3H3. The average Bonchev–Trinajstić information content (AvgIpc) is 2.93. The minimum Gasteiger partial charge on any atom is -0.485 e. The Morgan fingerprint density at radius 3 is 2.87 bits per heavy atom. The predicted molar refractivity (Wildman–Crippen MR) is 85.0 cm³/mol. The molecule has 0 bridgehead atoms. The van der Waals surface area contributed by atoms with Crippen LogP contribution in [0.15, 0.2) is 18.2 Å². The highest BCUT2D eigenvalue weighted by Gasteiger charge is 2.49. The maximum absolute atomic E-state index is 12.4. The van der Waals surface area contributed by atoms with Gasteiger partial charge in [0, 0.05) is 25.1 Å². The van der Waals surface area contributed by atoms with Crippen LogP contribution in [0, 0.1) is 11.3 Å². The number of ether oxygens (including phenoxy) is 2. The molecule has 0 radical (unpaired) electrons. The van der Waals surface area contributed by atoms with Crippen molar-refractivity contribution in [2.75, 3.05) is 13.2 Å². The van der Waals surface area contributed by atoms with Crippen molar-refractivity contribution in [2.45, 2.75) is 51.4 Å². The van der Waals surface area contributed by atoms with E-state index in [-0.39, 0.29) is 18.1 Å². The van der Waals surface area contributed by atoms with Crippen LogP contribution < -0.4 is 4.74 Å². The van der Waals surface area contributed by atoms with Gasteiger partial charge in [-0.3, -0.25) is 4.79 Å². The van der Waals surface area contributed by atoms with Crippen molar-refractivity contribution in [3.8, 4) is 11.8 Å². The van der Waals surface area contributed by atoms with Crippen molar-refractivity contribution in [1.82, 2.24) is 4.90 Å². The minimum atomic E-state index is -0.551. The predicted octanol–water partition coefficient (Wildman–Crippen LogP) is 2.80. The third kappa shape index (κ3) is 2.68. The fourth-order valence-corrected chi connectivity index (χ4v) is 3.59. The van der Waals surface area contributed by atoms with Gasteiger partial charge in [0.15, 0.2) is 0 Å². The molecule has 0 aromatic heterocycles. The maximum atomic E-state index is 12.4. The zero-order valence-electron chi connectivity index (χ0n) is 13.8. The first-order valence-electron chi connectivity index (χ1n) is 8.12. The van der Waals surface area contributed by atoms with Gasteiger partial charge in [-0.1, -0.05) is 0 Å². The molecule has 2 unspecified atom stereocenters. The van der Waals surface area contributed by atoms with Gasteiger partial charge in [-0.25, -0.2) is 0 Å². The zero-order valence-corrected chi connectivity index (χ0v) is 13.8. The lowest BCUT2D eigenvalue weighted by atomic mass is 9.84. The van der Waals surface area contributed by atoms with Gasteiger partial charge >= 0.3 is 0 Å². The molecule has 5 nitrogen and oxygen atoms in total. The van der Waals surface area contributed by atoms with Crippen molar-refractivity contribution < 1.29 is 14.3 Å². The van der Waals surface area contributed by atoms with Crippen LogP contribution in [0.2, 0.25) is 0 Å². The number of fused-ring (bicyclic) bond motifs is 1. The molecule has 2 aliphatic rings. The summed E-state index contributed by atoms with van der Waals surface area (Å²) in [5, 5.41) is 9.21. The maximum Gasteiger partial charge on any atom is 0.223 e. The largest absolute Gasteiger partial charge is 0.485 e. The number of amides is 1. The van der Waals surface area contributed by atoms with E-state index < -0.39 is 5.60 Å². The van der Waals surface area contributed by atoms with E-state index in [0.717, 1.165) is 24.3 Å². The highest BCUT2D eigenvalue weighted by Crippen LogP contribution is 2.45. The Labute approximate surface area is 136 Å². The number of carbonyl (C=O) groups excluding carboxylic acids is 1. The van der Waals surface area contributed by atoms with Gasteiger partial charge in [-0.05, 0) is 45.4 Å². The van der Waals surface area contributed by atoms with Gasteiger partial charge in [0.2, 0.25) is 5.91 Å². The number of carbonyl (C=O) groups is 1. The number of nitrogens with zero attached hydrogens (tertiary/aromatic N) is 2. The number of benzene rings is 1. The first-order chi connectivity index (χ1) is 11.0. The van der Waals surface area contributed by atoms with E-state index >= 15 is 0 Å². The van der Waals surface area contributed by atoms with Crippen molar-refractivity contribution >= 4 is 5.91 Å². The molecule has 5 heteroatoms. The molecule has 1 aromatic carbocycles. The molecule has 0 saturated carbocycles. The van der Waals surface area contributed by atoms with Gasteiger partial charge in [0.05, 0.1) is 17.7 Å². The summed E-state index contributed by atoms with van der Waals surface area (Å²) in [4.78, 5) is 14.3. The molecule has 0 N–H and O–H groups in total. The van der Waals surface area contributed by atoms with Gasteiger partial charge in [-0.15, -0.1) is 0 Å². The van der Waals surface area contributed by atoms with Crippen LogP contribution in [-0.2, 0) is 9.53 Å². The lowest BCUT2D eigenvalue weighted by molar-refractivity contribution is -0.147. The second-order valence-corrected chi connectivity index (χ2v) is 6.58. The molecule has 1 aromatic rings. The van der Waals surface area contributed by atoms with Gasteiger partial charge < -0.3 is 14.4 Å². The van der Waals surface area contributed by atoms with E-state index in [1.165, 1.54) is 0 Å². The second kappa shape index (κ2) is 5.86. The van der Waals surface area contributed by atoms with Crippen LogP contribution in [0.4, 0.5) is 0 Å². The summed E-state index contributed by atoms with van der Waals surface area (Å²) in [6.45, 7) is 7.19. The third-order valence-electron chi connectivity index (χ3n) is 4.59. The van der Waals surface area contributed by atoms with E-state index in [0.29, 0.717) is 18.6 Å². The first-order valence-corrected chi connectivity index (χ1v) is 8.12. The summed E-state index contributed by atoms with van der Waals surface area (Å²) in [6, 6.07) is 7.36. The van der Waals surface area contributed by atoms with E-state index in [4.69, 9.17) is 9.47 Å². The van der Waals surface area contributed by atoms with Gasteiger partial charge in [0.25, 0.3) is 0 Å². The van der Waals surface area contributed by atoms with Crippen LogP contribution in [0.1, 0.15) is 50.8 Å². The lowest BCUT2D eigenvalue weighted by Crippen LogP contribution is -2.55. The summed E-state index contributed by atoms with van der Waals surface area (Å²) < 4.78 is 12.1. The number of hydrogen-bond donors (Lipinski definition) is 0. The zero-order chi connectivity index (χ0) is 16.6. The Morgan fingerprint density at radius 2 is 2.26 bits per heavy atom. The molecule has 23 heavy (non-hydrogen) atoms. The normalized spacial score (nSPS) is 25.7. The molecular weight excluding hydrogens is 292 g/mol. The Morgan fingerprint density at radius 1 is 1.48 bits per heavy atom. The minimum absolute atomic E-state index is 0.144.